The number of morpholine rings is 1. The zero-order valence-electron chi connectivity index (χ0n) is 18.0. The van der Waals surface area contributed by atoms with Gasteiger partial charge in [-0.15, -0.1) is 11.3 Å². The lowest BCUT2D eigenvalue weighted by Gasteiger charge is -2.29. The second-order valence-electron chi connectivity index (χ2n) is 7.65. The van der Waals surface area contributed by atoms with Crippen molar-refractivity contribution in [3.05, 3.63) is 52.5 Å². The first-order valence-electron chi connectivity index (χ1n) is 10.6. The lowest BCUT2D eigenvalue weighted by atomic mass is 10.1. The Bertz CT molecular complexity index is 1220. The second-order valence-corrected chi connectivity index (χ2v) is 8.65. The minimum Gasteiger partial charge on any atom is -0.494 e. The maximum atomic E-state index is 12.8. The molecule has 3 aromatic rings. The molecule has 3 heterocycles. The van der Waals surface area contributed by atoms with Gasteiger partial charge in [-0.2, -0.15) is 0 Å². The number of carbonyl (C=O) groups is 3. The van der Waals surface area contributed by atoms with E-state index in [4.69, 9.17) is 9.47 Å². The van der Waals surface area contributed by atoms with Crippen molar-refractivity contribution >= 4 is 45.0 Å². The van der Waals surface area contributed by atoms with Crippen LogP contribution in [0.2, 0.25) is 0 Å². The maximum Gasteiger partial charge on any atom is 0.280 e. The van der Waals surface area contributed by atoms with Gasteiger partial charge in [0.1, 0.15) is 11.3 Å². The van der Waals surface area contributed by atoms with Crippen LogP contribution in [0.3, 0.4) is 0 Å². The van der Waals surface area contributed by atoms with E-state index in [2.05, 4.69) is 15.2 Å². The number of thiazole rings is 1. The van der Waals surface area contributed by atoms with E-state index in [0.29, 0.717) is 40.6 Å². The van der Waals surface area contributed by atoms with Crippen LogP contribution in [0.15, 0.2) is 36.4 Å². The van der Waals surface area contributed by atoms with E-state index in [9.17, 15) is 14.4 Å². The van der Waals surface area contributed by atoms with Crippen LogP contribution < -0.4 is 15.0 Å². The molecule has 33 heavy (non-hydrogen) atoms. The molecule has 0 saturated carbocycles. The van der Waals surface area contributed by atoms with Crippen LogP contribution >= 0.6 is 11.3 Å². The summed E-state index contributed by atoms with van der Waals surface area (Å²) in [4.78, 5) is 45.7. The molecule has 170 valence electrons. The molecule has 9 nitrogen and oxygen atoms in total. The molecular formula is C23H22N4O5S. The van der Waals surface area contributed by atoms with Crippen molar-refractivity contribution in [3.8, 4) is 5.75 Å². The number of rotatable bonds is 6. The molecule has 2 aliphatic rings. The van der Waals surface area contributed by atoms with Gasteiger partial charge in [-0.05, 0) is 24.3 Å². The molecule has 1 N–H and O–H groups in total. The van der Waals surface area contributed by atoms with E-state index in [1.807, 2.05) is 12.1 Å². The van der Waals surface area contributed by atoms with Gasteiger partial charge in [-0.3, -0.25) is 19.3 Å². The fourth-order valence-corrected chi connectivity index (χ4v) is 5.12. The Morgan fingerprint density at radius 2 is 1.82 bits per heavy atom. The van der Waals surface area contributed by atoms with Gasteiger partial charge in [0.15, 0.2) is 5.01 Å². The van der Waals surface area contributed by atoms with Crippen molar-refractivity contribution < 1.29 is 23.9 Å². The summed E-state index contributed by atoms with van der Waals surface area (Å²) in [5.74, 6) is -0.444. The van der Waals surface area contributed by atoms with Crippen LogP contribution in [-0.4, -0.2) is 74.1 Å². The number of nitrogens with zero attached hydrogens (tertiary/aromatic N) is 3. The van der Waals surface area contributed by atoms with Crippen LogP contribution in [-0.2, 0) is 4.74 Å². The first-order chi connectivity index (χ1) is 16.1. The van der Waals surface area contributed by atoms with Crippen molar-refractivity contribution in [1.82, 2.24) is 15.2 Å². The standard InChI is InChI=1S/C23H22N4O5S/c1-31-17-7-6-16(26-10-12-32-13-11-26)19-18(17)25-21(33-19)20(28)24-8-9-27-22(29)14-4-2-3-5-15(14)23(27)30/h2-7H,8-13H2,1H3,(H,24,28). The number of hydrogen-bond acceptors (Lipinski definition) is 8. The smallest absolute Gasteiger partial charge is 0.280 e. The molecule has 0 bridgehead atoms. The molecule has 1 saturated heterocycles. The summed E-state index contributed by atoms with van der Waals surface area (Å²) in [7, 11) is 1.57. The van der Waals surface area contributed by atoms with Gasteiger partial charge < -0.3 is 19.7 Å². The minimum atomic E-state index is -0.359. The highest BCUT2D eigenvalue weighted by Gasteiger charge is 2.34. The Kier molecular flexibility index (Phi) is 5.69. The summed E-state index contributed by atoms with van der Waals surface area (Å²) in [5.41, 5.74) is 2.42. The van der Waals surface area contributed by atoms with Crippen molar-refractivity contribution in [3.63, 3.8) is 0 Å². The van der Waals surface area contributed by atoms with Crippen molar-refractivity contribution in [1.29, 1.82) is 0 Å². The lowest BCUT2D eigenvalue weighted by Crippen LogP contribution is -2.38. The molecule has 0 unspecified atom stereocenters. The average molecular weight is 467 g/mol. The van der Waals surface area contributed by atoms with Crippen molar-refractivity contribution in [2.45, 2.75) is 0 Å². The molecule has 5 rings (SSSR count). The molecule has 0 atom stereocenters. The molecule has 0 radical (unpaired) electrons. The van der Waals surface area contributed by atoms with Crippen LogP contribution in [0.25, 0.3) is 10.2 Å². The highest BCUT2D eigenvalue weighted by atomic mass is 32.1. The van der Waals surface area contributed by atoms with Gasteiger partial charge in [0.2, 0.25) is 0 Å². The fourth-order valence-electron chi connectivity index (χ4n) is 4.08. The first kappa shape index (κ1) is 21.4. The zero-order chi connectivity index (χ0) is 22.9. The van der Waals surface area contributed by atoms with E-state index >= 15 is 0 Å². The number of ether oxygens (including phenoxy) is 2. The molecule has 10 heteroatoms. The number of benzene rings is 2. The van der Waals surface area contributed by atoms with Gasteiger partial charge in [-0.25, -0.2) is 4.98 Å². The number of imide groups is 1. The summed E-state index contributed by atoms with van der Waals surface area (Å²) in [5, 5.41) is 3.08. The number of fused-ring (bicyclic) bond motifs is 2. The Balaban J connectivity index is 1.31. The molecule has 0 spiro atoms. The van der Waals surface area contributed by atoms with Gasteiger partial charge >= 0.3 is 0 Å². The Hall–Kier alpha value is -3.50. The number of nitrogens with one attached hydrogen (secondary N) is 1. The Labute approximate surface area is 193 Å². The van der Waals surface area contributed by atoms with E-state index in [0.717, 1.165) is 28.4 Å². The summed E-state index contributed by atoms with van der Waals surface area (Å²) >= 11 is 1.30. The van der Waals surface area contributed by atoms with Crippen molar-refractivity contribution in [2.24, 2.45) is 0 Å². The first-order valence-corrected chi connectivity index (χ1v) is 11.4. The third-order valence-electron chi connectivity index (χ3n) is 5.75. The van der Waals surface area contributed by atoms with Gasteiger partial charge in [0, 0.05) is 26.2 Å². The van der Waals surface area contributed by atoms with Crippen LogP contribution in [0.1, 0.15) is 30.5 Å². The Morgan fingerprint density at radius 3 is 2.48 bits per heavy atom. The second kappa shape index (κ2) is 8.80. The van der Waals surface area contributed by atoms with Crippen LogP contribution in [0.4, 0.5) is 5.69 Å². The third kappa shape index (κ3) is 3.81. The monoisotopic (exact) mass is 466 g/mol. The van der Waals surface area contributed by atoms with Gasteiger partial charge in [0.25, 0.3) is 17.7 Å². The van der Waals surface area contributed by atoms with E-state index < -0.39 is 0 Å². The van der Waals surface area contributed by atoms with Crippen molar-refractivity contribution in [2.75, 3.05) is 51.4 Å². The predicted octanol–water partition coefficient (Wildman–Crippen LogP) is 2.17. The van der Waals surface area contributed by atoms with E-state index in [1.165, 1.54) is 11.3 Å². The molecule has 1 aromatic heterocycles. The highest BCUT2D eigenvalue weighted by Crippen LogP contribution is 2.37. The van der Waals surface area contributed by atoms with Gasteiger partial charge in [0.05, 0.1) is 41.8 Å². The summed E-state index contributed by atoms with van der Waals surface area (Å²) in [6.45, 7) is 3.05. The number of aromatic nitrogens is 1. The molecule has 0 aliphatic carbocycles. The number of amides is 3. The molecule has 1 fully saturated rings. The number of methoxy groups -OCH3 is 1. The highest BCUT2D eigenvalue weighted by molar-refractivity contribution is 7.21. The average Bonchev–Trinajstić information content (AvgIpc) is 3.40. The third-order valence-corrected chi connectivity index (χ3v) is 6.83. The zero-order valence-corrected chi connectivity index (χ0v) is 18.8. The minimum absolute atomic E-state index is 0.0886. The van der Waals surface area contributed by atoms with Gasteiger partial charge in [-0.1, -0.05) is 12.1 Å². The Morgan fingerprint density at radius 1 is 1.12 bits per heavy atom. The molecule has 3 amide bonds. The summed E-state index contributed by atoms with van der Waals surface area (Å²) in [6, 6.07) is 10.6. The van der Waals surface area contributed by atoms with E-state index in [-0.39, 0.29) is 30.8 Å². The molecular weight excluding hydrogens is 444 g/mol. The largest absolute Gasteiger partial charge is 0.494 e. The SMILES string of the molecule is COc1ccc(N2CCOCC2)c2sc(C(=O)NCCN3C(=O)c4ccccc4C3=O)nc12. The quantitative estimate of drug-likeness (QED) is 0.556. The van der Waals surface area contributed by atoms with Crippen LogP contribution in [0, 0.1) is 0 Å². The van der Waals surface area contributed by atoms with E-state index in [1.54, 1.807) is 31.4 Å². The predicted molar refractivity (Wildman–Crippen MR) is 123 cm³/mol. The number of carbonyl (C=O) groups excluding carboxylic acids is 3. The normalized spacial score (nSPS) is 15.8. The summed E-state index contributed by atoms with van der Waals surface area (Å²) in [6.07, 6.45) is 0. The summed E-state index contributed by atoms with van der Waals surface area (Å²) < 4.78 is 11.8. The molecule has 2 aromatic carbocycles. The maximum absolute atomic E-state index is 12.8. The lowest BCUT2D eigenvalue weighted by molar-refractivity contribution is 0.0650. The van der Waals surface area contributed by atoms with Crippen LogP contribution in [0.5, 0.6) is 5.75 Å². The topological polar surface area (TPSA) is 101 Å². The number of anilines is 1. The fraction of sp³-hybridized carbons (Fsp3) is 0.304. The molecule has 2 aliphatic heterocycles. The number of hydrogen-bond donors (Lipinski definition) is 1.